The minimum absolute atomic E-state index is 0.0243. The van der Waals surface area contributed by atoms with Gasteiger partial charge in [-0.3, -0.25) is 9.59 Å². The van der Waals surface area contributed by atoms with E-state index in [1.54, 1.807) is 0 Å². The number of amides is 2. The van der Waals surface area contributed by atoms with Gasteiger partial charge in [0.2, 0.25) is 0 Å². The van der Waals surface area contributed by atoms with Crippen LogP contribution in [0.1, 0.15) is 84.9 Å². The molecule has 0 heterocycles. The fourth-order valence-electron chi connectivity index (χ4n) is 3.68. The van der Waals surface area contributed by atoms with Crippen LogP contribution in [0.2, 0.25) is 0 Å². The summed E-state index contributed by atoms with van der Waals surface area (Å²) in [7, 11) is 1.89. The van der Waals surface area contributed by atoms with E-state index in [2.05, 4.69) is 5.32 Å². The summed E-state index contributed by atoms with van der Waals surface area (Å²) < 4.78 is 0. The topological polar surface area (TPSA) is 49.4 Å². The molecule has 2 rings (SSSR count). The van der Waals surface area contributed by atoms with Crippen molar-refractivity contribution in [1.29, 1.82) is 0 Å². The van der Waals surface area contributed by atoms with Gasteiger partial charge in [0, 0.05) is 31.3 Å². The van der Waals surface area contributed by atoms with E-state index < -0.39 is 0 Å². The Bertz CT molecular complexity index is 746. The predicted molar refractivity (Wildman–Crippen MR) is 128 cm³/mol. The van der Waals surface area contributed by atoms with Crippen LogP contribution in [-0.4, -0.2) is 36.9 Å². The lowest BCUT2D eigenvalue weighted by molar-refractivity contribution is 0.0792. The summed E-state index contributed by atoms with van der Waals surface area (Å²) in [6.07, 6.45) is 12.1. The van der Waals surface area contributed by atoms with E-state index >= 15 is 0 Å². The summed E-state index contributed by atoms with van der Waals surface area (Å²) in [4.78, 5) is 26.0. The second-order valence-electron chi connectivity index (χ2n) is 8.25. The van der Waals surface area contributed by atoms with Crippen LogP contribution < -0.4 is 5.32 Å². The van der Waals surface area contributed by atoms with Gasteiger partial charge in [0.25, 0.3) is 11.8 Å². The molecule has 0 saturated heterocycles. The number of benzene rings is 2. The number of unbranched alkanes of at least 4 members (excludes halogenated alkanes) is 9. The van der Waals surface area contributed by atoms with Crippen LogP contribution >= 0.6 is 0 Å². The van der Waals surface area contributed by atoms with E-state index in [0.717, 1.165) is 37.1 Å². The molecular formula is C27H38N2O2. The zero-order valence-electron chi connectivity index (χ0n) is 19.0. The molecule has 2 amide bonds. The zero-order chi connectivity index (χ0) is 22.2. The Morgan fingerprint density at radius 1 is 0.645 bits per heavy atom. The molecule has 0 aliphatic heterocycles. The Labute approximate surface area is 188 Å². The number of nitrogens with one attached hydrogen (secondary N) is 1. The summed E-state index contributed by atoms with van der Waals surface area (Å²) in [5.74, 6) is 0.136. The van der Waals surface area contributed by atoms with Gasteiger partial charge in [-0.1, -0.05) is 87.8 Å². The standard InChI is InChI=1S/C27H38N2O2/c1-29(27(31)25-20-14-11-15-21-25)23-17-9-7-5-3-2-4-6-8-16-22-28-26(30)24-18-12-10-13-19-24/h10-15,18-21H,2-9,16-17,22-23H2,1H3,(H,28,30). The first-order valence-electron chi connectivity index (χ1n) is 11.8. The Kier molecular flexibility index (Phi) is 12.1. The van der Waals surface area contributed by atoms with Crippen molar-refractivity contribution in [3.63, 3.8) is 0 Å². The van der Waals surface area contributed by atoms with Gasteiger partial charge in [-0.25, -0.2) is 0 Å². The number of hydrogen-bond donors (Lipinski definition) is 1. The zero-order valence-corrected chi connectivity index (χ0v) is 19.0. The molecular weight excluding hydrogens is 384 g/mol. The molecule has 0 aliphatic rings. The second kappa shape index (κ2) is 15.2. The first-order chi connectivity index (χ1) is 15.2. The van der Waals surface area contributed by atoms with Crippen LogP contribution in [-0.2, 0) is 0 Å². The number of nitrogens with zero attached hydrogens (tertiary/aromatic N) is 1. The van der Waals surface area contributed by atoms with Crippen LogP contribution in [0.3, 0.4) is 0 Å². The molecule has 0 fully saturated rings. The summed E-state index contributed by atoms with van der Waals surface area (Å²) in [5, 5.41) is 2.99. The van der Waals surface area contributed by atoms with Gasteiger partial charge in [-0.2, -0.15) is 0 Å². The van der Waals surface area contributed by atoms with E-state index in [9.17, 15) is 9.59 Å². The quantitative estimate of drug-likeness (QED) is 0.353. The molecule has 0 aliphatic carbocycles. The molecule has 0 saturated carbocycles. The molecule has 31 heavy (non-hydrogen) atoms. The molecule has 0 spiro atoms. The average molecular weight is 423 g/mol. The van der Waals surface area contributed by atoms with Crippen molar-refractivity contribution in [1.82, 2.24) is 10.2 Å². The van der Waals surface area contributed by atoms with Crippen molar-refractivity contribution in [3.8, 4) is 0 Å². The largest absolute Gasteiger partial charge is 0.352 e. The highest BCUT2D eigenvalue weighted by molar-refractivity contribution is 5.94. The van der Waals surface area contributed by atoms with Gasteiger partial charge >= 0.3 is 0 Å². The molecule has 0 radical (unpaired) electrons. The van der Waals surface area contributed by atoms with Gasteiger partial charge in [0.05, 0.1) is 0 Å². The van der Waals surface area contributed by atoms with E-state index in [0.29, 0.717) is 0 Å². The minimum Gasteiger partial charge on any atom is -0.352 e. The van der Waals surface area contributed by atoms with Crippen molar-refractivity contribution in [3.05, 3.63) is 71.8 Å². The number of rotatable bonds is 15. The summed E-state index contributed by atoms with van der Waals surface area (Å²) in [6, 6.07) is 18.9. The highest BCUT2D eigenvalue weighted by Crippen LogP contribution is 2.11. The van der Waals surface area contributed by atoms with Gasteiger partial charge in [0.1, 0.15) is 0 Å². The van der Waals surface area contributed by atoms with Gasteiger partial charge in [-0.05, 0) is 37.1 Å². The highest BCUT2D eigenvalue weighted by atomic mass is 16.2. The van der Waals surface area contributed by atoms with Crippen LogP contribution in [0.5, 0.6) is 0 Å². The van der Waals surface area contributed by atoms with Gasteiger partial charge < -0.3 is 10.2 Å². The van der Waals surface area contributed by atoms with Gasteiger partial charge in [0.15, 0.2) is 0 Å². The fraction of sp³-hybridized carbons (Fsp3) is 0.481. The fourth-order valence-corrected chi connectivity index (χ4v) is 3.68. The van der Waals surface area contributed by atoms with Crippen molar-refractivity contribution < 1.29 is 9.59 Å². The first-order valence-corrected chi connectivity index (χ1v) is 11.8. The molecule has 0 unspecified atom stereocenters. The monoisotopic (exact) mass is 422 g/mol. The molecule has 2 aromatic carbocycles. The average Bonchev–Trinajstić information content (AvgIpc) is 2.82. The van der Waals surface area contributed by atoms with Crippen molar-refractivity contribution >= 4 is 11.8 Å². The van der Waals surface area contributed by atoms with Crippen molar-refractivity contribution in [2.24, 2.45) is 0 Å². The normalized spacial score (nSPS) is 10.6. The molecule has 0 aromatic heterocycles. The molecule has 4 nitrogen and oxygen atoms in total. The number of hydrogen-bond acceptors (Lipinski definition) is 2. The minimum atomic E-state index is 0.0243. The number of carbonyl (C=O) groups is 2. The summed E-state index contributed by atoms with van der Waals surface area (Å²) in [5.41, 5.74) is 1.50. The van der Waals surface area contributed by atoms with Crippen LogP contribution in [0.25, 0.3) is 0 Å². The van der Waals surface area contributed by atoms with Gasteiger partial charge in [-0.15, -0.1) is 0 Å². The predicted octanol–water partition coefficient (Wildman–Crippen LogP) is 6.09. The molecule has 0 atom stereocenters. The maximum absolute atomic E-state index is 12.3. The number of carbonyl (C=O) groups excluding carboxylic acids is 2. The maximum Gasteiger partial charge on any atom is 0.253 e. The smallest absolute Gasteiger partial charge is 0.253 e. The lowest BCUT2D eigenvalue weighted by atomic mass is 10.1. The van der Waals surface area contributed by atoms with E-state index in [4.69, 9.17) is 0 Å². The third kappa shape index (κ3) is 10.3. The Hall–Kier alpha value is -2.62. The Morgan fingerprint density at radius 3 is 1.65 bits per heavy atom. The van der Waals surface area contributed by atoms with Crippen molar-refractivity contribution in [2.45, 2.75) is 64.2 Å². The molecule has 1 N–H and O–H groups in total. The molecule has 0 bridgehead atoms. The second-order valence-corrected chi connectivity index (χ2v) is 8.25. The molecule has 2 aromatic rings. The Balaban J connectivity index is 1.36. The lowest BCUT2D eigenvalue weighted by Crippen LogP contribution is -2.27. The Morgan fingerprint density at radius 2 is 1.10 bits per heavy atom. The lowest BCUT2D eigenvalue weighted by Gasteiger charge is -2.17. The molecule has 168 valence electrons. The van der Waals surface area contributed by atoms with E-state index in [1.165, 1.54) is 51.4 Å². The van der Waals surface area contributed by atoms with E-state index in [-0.39, 0.29) is 11.8 Å². The highest BCUT2D eigenvalue weighted by Gasteiger charge is 2.10. The summed E-state index contributed by atoms with van der Waals surface area (Å²) in [6.45, 7) is 1.59. The van der Waals surface area contributed by atoms with Crippen molar-refractivity contribution in [2.75, 3.05) is 20.1 Å². The van der Waals surface area contributed by atoms with Crippen LogP contribution in [0.15, 0.2) is 60.7 Å². The van der Waals surface area contributed by atoms with E-state index in [1.807, 2.05) is 72.6 Å². The SMILES string of the molecule is CN(CCCCCCCCCCCCNC(=O)c1ccccc1)C(=O)c1ccccc1. The van der Waals surface area contributed by atoms with Crippen LogP contribution in [0.4, 0.5) is 0 Å². The third-order valence-electron chi connectivity index (χ3n) is 5.61. The third-order valence-corrected chi connectivity index (χ3v) is 5.61. The molecule has 4 heteroatoms. The van der Waals surface area contributed by atoms with Crippen LogP contribution in [0, 0.1) is 0 Å². The first kappa shape index (κ1) is 24.6. The summed E-state index contributed by atoms with van der Waals surface area (Å²) >= 11 is 0. The maximum atomic E-state index is 12.3.